The van der Waals surface area contributed by atoms with E-state index in [2.05, 4.69) is 20.4 Å². The molecule has 4 aliphatic heterocycles. The Morgan fingerprint density at radius 2 is 2.13 bits per heavy atom. The van der Waals surface area contributed by atoms with Crippen molar-refractivity contribution in [1.82, 2.24) is 15.5 Å². The summed E-state index contributed by atoms with van der Waals surface area (Å²) >= 11 is 0. The van der Waals surface area contributed by atoms with Crippen LogP contribution >= 0.6 is 0 Å². The Morgan fingerprint density at radius 1 is 1.26 bits per heavy atom. The van der Waals surface area contributed by atoms with Gasteiger partial charge in [0, 0.05) is 19.1 Å². The van der Waals surface area contributed by atoms with Crippen molar-refractivity contribution < 1.29 is 14.1 Å². The summed E-state index contributed by atoms with van der Waals surface area (Å²) in [5, 5.41) is 7.63. The zero-order chi connectivity index (χ0) is 21.0. The average molecular weight is 422 g/mol. The van der Waals surface area contributed by atoms with Crippen molar-refractivity contribution in [2.45, 2.75) is 62.9 Å². The Kier molecular flexibility index (Phi) is 4.36. The number of anilines is 2. The van der Waals surface area contributed by atoms with E-state index >= 15 is 0 Å². The minimum Gasteiger partial charge on any atom is -0.355 e. The number of para-hydroxylation sites is 2. The predicted octanol–water partition coefficient (Wildman–Crippen LogP) is 2.20. The Balaban J connectivity index is 1.34. The van der Waals surface area contributed by atoms with E-state index in [1.807, 2.05) is 41.0 Å². The standard InChI is InChI=1S/C22H26N6O3/c1-22(9-5-11-30-22)28-16-8-3-2-7-15(16)27-13-24-18(19(27)21(28)29)20-25-17(26-31-20)12-14-6-4-10-23-14/h2-3,7-8,13-14,18-19,23H,4-6,9-12H2,1H3. The molecule has 1 N–H and O–H groups in total. The monoisotopic (exact) mass is 422 g/mol. The van der Waals surface area contributed by atoms with Crippen molar-refractivity contribution in [3.8, 4) is 0 Å². The number of nitrogens with one attached hydrogen (secondary N) is 1. The van der Waals surface area contributed by atoms with Gasteiger partial charge in [-0.25, -0.2) is 0 Å². The molecule has 0 spiro atoms. The van der Waals surface area contributed by atoms with Gasteiger partial charge in [0.15, 0.2) is 11.9 Å². The number of hydrogen-bond acceptors (Lipinski definition) is 8. The van der Waals surface area contributed by atoms with Crippen LogP contribution in [0, 0.1) is 0 Å². The molecule has 9 heteroatoms. The molecule has 4 unspecified atom stereocenters. The van der Waals surface area contributed by atoms with Crippen LogP contribution in [-0.2, 0) is 16.0 Å². The molecule has 1 aromatic heterocycles. The van der Waals surface area contributed by atoms with E-state index in [9.17, 15) is 4.79 Å². The van der Waals surface area contributed by atoms with Crippen molar-refractivity contribution in [3.05, 3.63) is 36.0 Å². The fourth-order valence-corrected chi connectivity index (χ4v) is 5.29. The van der Waals surface area contributed by atoms with Gasteiger partial charge in [-0.1, -0.05) is 17.3 Å². The van der Waals surface area contributed by atoms with E-state index in [1.165, 1.54) is 6.42 Å². The number of rotatable bonds is 4. The largest absolute Gasteiger partial charge is 0.355 e. The molecule has 2 aromatic rings. The number of hydrogen-bond donors (Lipinski definition) is 1. The summed E-state index contributed by atoms with van der Waals surface area (Å²) in [6, 6.07) is 7.19. The van der Waals surface area contributed by atoms with Gasteiger partial charge >= 0.3 is 0 Å². The summed E-state index contributed by atoms with van der Waals surface area (Å²) in [6.45, 7) is 3.68. The van der Waals surface area contributed by atoms with E-state index in [0.29, 0.717) is 24.4 Å². The van der Waals surface area contributed by atoms with Crippen LogP contribution in [0.15, 0.2) is 33.8 Å². The first-order valence-corrected chi connectivity index (χ1v) is 11.1. The van der Waals surface area contributed by atoms with Gasteiger partial charge in [0.1, 0.15) is 11.8 Å². The van der Waals surface area contributed by atoms with E-state index < -0.39 is 17.8 Å². The summed E-state index contributed by atoms with van der Waals surface area (Å²) in [7, 11) is 0. The van der Waals surface area contributed by atoms with Gasteiger partial charge in [0.2, 0.25) is 0 Å². The molecule has 2 fully saturated rings. The van der Waals surface area contributed by atoms with Gasteiger partial charge < -0.3 is 19.5 Å². The second-order valence-corrected chi connectivity index (χ2v) is 8.90. The third-order valence-corrected chi connectivity index (χ3v) is 6.82. The second-order valence-electron chi connectivity index (χ2n) is 8.90. The van der Waals surface area contributed by atoms with Crippen molar-refractivity contribution >= 4 is 23.6 Å². The van der Waals surface area contributed by atoms with Crippen LogP contribution in [0.3, 0.4) is 0 Å². The van der Waals surface area contributed by atoms with E-state index in [0.717, 1.165) is 43.6 Å². The van der Waals surface area contributed by atoms with Crippen LogP contribution < -0.4 is 15.1 Å². The van der Waals surface area contributed by atoms with Gasteiger partial charge in [-0.15, -0.1) is 0 Å². The predicted molar refractivity (Wildman–Crippen MR) is 114 cm³/mol. The topological polar surface area (TPSA) is 96.1 Å². The Labute approximate surface area is 180 Å². The van der Waals surface area contributed by atoms with Crippen LogP contribution in [0.4, 0.5) is 11.4 Å². The van der Waals surface area contributed by atoms with Crippen molar-refractivity contribution in [2.75, 3.05) is 23.0 Å². The molecule has 0 bridgehead atoms. The summed E-state index contributed by atoms with van der Waals surface area (Å²) in [4.78, 5) is 26.8. The van der Waals surface area contributed by atoms with Crippen LogP contribution in [-0.4, -0.2) is 53.3 Å². The highest BCUT2D eigenvalue weighted by atomic mass is 16.5. The molecule has 1 aromatic carbocycles. The minimum absolute atomic E-state index is 0.0530. The molecular weight excluding hydrogens is 396 g/mol. The van der Waals surface area contributed by atoms with Crippen LogP contribution in [0.25, 0.3) is 0 Å². The highest BCUT2D eigenvalue weighted by Crippen LogP contribution is 2.46. The molecule has 0 radical (unpaired) electrons. The molecule has 0 aliphatic carbocycles. The molecule has 4 atom stereocenters. The van der Waals surface area contributed by atoms with Crippen LogP contribution in [0.5, 0.6) is 0 Å². The zero-order valence-corrected chi connectivity index (χ0v) is 17.5. The Morgan fingerprint density at radius 3 is 2.90 bits per heavy atom. The Hall–Kier alpha value is -2.78. The number of nitrogens with zero attached hydrogens (tertiary/aromatic N) is 5. The molecule has 6 rings (SSSR count). The lowest BCUT2D eigenvalue weighted by Gasteiger charge is -2.45. The number of amides is 1. The zero-order valence-electron chi connectivity index (χ0n) is 17.5. The Bertz CT molecular complexity index is 1020. The van der Waals surface area contributed by atoms with Gasteiger partial charge in [-0.05, 0) is 51.3 Å². The molecule has 4 aliphatic rings. The van der Waals surface area contributed by atoms with Crippen molar-refractivity contribution in [1.29, 1.82) is 0 Å². The third kappa shape index (κ3) is 2.98. The van der Waals surface area contributed by atoms with Gasteiger partial charge in [-0.2, -0.15) is 4.98 Å². The van der Waals surface area contributed by atoms with Crippen LogP contribution in [0.2, 0.25) is 0 Å². The first-order chi connectivity index (χ1) is 15.1. The smallest absolute Gasteiger partial charge is 0.255 e. The summed E-state index contributed by atoms with van der Waals surface area (Å²) < 4.78 is 11.7. The van der Waals surface area contributed by atoms with Crippen molar-refractivity contribution in [3.63, 3.8) is 0 Å². The van der Waals surface area contributed by atoms with E-state index in [1.54, 1.807) is 6.34 Å². The molecule has 0 saturated carbocycles. The summed E-state index contributed by atoms with van der Waals surface area (Å²) in [6.07, 6.45) is 6.46. The highest BCUT2D eigenvalue weighted by molar-refractivity contribution is 6.12. The SMILES string of the molecule is CC1(N2C(=O)C3C(c4nc(CC5CCCN5)no4)N=CN3c3ccccc32)CCCO1. The number of carbonyl (C=O) groups is 1. The fourth-order valence-electron chi connectivity index (χ4n) is 5.29. The summed E-state index contributed by atoms with van der Waals surface area (Å²) in [5.74, 6) is 0.999. The maximum atomic E-state index is 13.9. The average Bonchev–Trinajstić information content (AvgIpc) is 3.56. The lowest BCUT2D eigenvalue weighted by Crippen LogP contribution is -2.60. The number of ether oxygens (including phenoxy) is 1. The number of benzene rings is 1. The normalized spacial score (nSPS) is 32.0. The first-order valence-electron chi connectivity index (χ1n) is 11.1. The number of aromatic nitrogens is 2. The number of carbonyl (C=O) groups excluding carboxylic acids is 1. The maximum absolute atomic E-state index is 13.9. The number of aliphatic imine (C=N–C) groups is 1. The molecule has 162 valence electrons. The molecule has 5 heterocycles. The van der Waals surface area contributed by atoms with Gasteiger partial charge in [0.05, 0.1) is 17.7 Å². The molecule has 9 nitrogen and oxygen atoms in total. The first kappa shape index (κ1) is 18.9. The lowest BCUT2D eigenvalue weighted by molar-refractivity contribution is -0.125. The van der Waals surface area contributed by atoms with Gasteiger partial charge in [0.25, 0.3) is 11.8 Å². The van der Waals surface area contributed by atoms with E-state index in [4.69, 9.17) is 9.26 Å². The van der Waals surface area contributed by atoms with E-state index in [-0.39, 0.29) is 5.91 Å². The molecule has 2 saturated heterocycles. The van der Waals surface area contributed by atoms with Crippen LogP contribution in [0.1, 0.15) is 50.4 Å². The van der Waals surface area contributed by atoms with Crippen molar-refractivity contribution in [2.24, 2.45) is 4.99 Å². The molecule has 31 heavy (non-hydrogen) atoms. The number of fused-ring (bicyclic) bond motifs is 3. The second kappa shape index (κ2) is 7.13. The highest BCUT2D eigenvalue weighted by Gasteiger charge is 2.53. The molecular formula is C22H26N6O3. The maximum Gasteiger partial charge on any atom is 0.255 e. The quantitative estimate of drug-likeness (QED) is 0.807. The summed E-state index contributed by atoms with van der Waals surface area (Å²) in [5.41, 5.74) is 1.12. The minimum atomic E-state index is -0.666. The molecule has 1 amide bonds. The third-order valence-electron chi connectivity index (χ3n) is 6.82. The lowest BCUT2D eigenvalue weighted by atomic mass is 9.97. The van der Waals surface area contributed by atoms with Gasteiger partial charge in [-0.3, -0.25) is 14.7 Å². The fraction of sp³-hybridized carbons (Fsp3) is 0.545.